The highest BCUT2D eigenvalue weighted by atomic mass is 127. The van der Waals surface area contributed by atoms with E-state index in [4.69, 9.17) is 5.73 Å². The number of aryl methyl sites for hydroxylation is 2. The van der Waals surface area contributed by atoms with Gasteiger partial charge in [0, 0.05) is 12.2 Å². The third-order valence-electron chi connectivity index (χ3n) is 4.73. The van der Waals surface area contributed by atoms with Crippen molar-refractivity contribution in [2.45, 2.75) is 32.1 Å². The van der Waals surface area contributed by atoms with Crippen molar-refractivity contribution in [3.63, 3.8) is 0 Å². The van der Waals surface area contributed by atoms with Gasteiger partial charge in [-0.2, -0.15) is 0 Å². The van der Waals surface area contributed by atoms with E-state index < -0.39 is 0 Å². The number of aliphatic imine (C=N–C) groups is 1. The van der Waals surface area contributed by atoms with Crippen LogP contribution in [0.3, 0.4) is 0 Å². The van der Waals surface area contributed by atoms with Gasteiger partial charge < -0.3 is 16.0 Å². The summed E-state index contributed by atoms with van der Waals surface area (Å²) < 4.78 is 0. The van der Waals surface area contributed by atoms with Crippen LogP contribution < -0.4 is 11.1 Å². The van der Waals surface area contributed by atoms with Crippen LogP contribution in [0.15, 0.2) is 23.2 Å². The minimum Gasteiger partial charge on any atom is -0.370 e. The van der Waals surface area contributed by atoms with Crippen molar-refractivity contribution in [3.8, 4) is 0 Å². The first-order valence-electron chi connectivity index (χ1n) is 8.08. The Bertz CT molecular complexity index is 521. The zero-order valence-electron chi connectivity index (χ0n) is 13.3. The Kier molecular flexibility index (Phi) is 6.50. The number of likely N-dealkylation sites (tertiary alicyclic amines) is 1. The molecule has 1 aliphatic heterocycles. The predicted molar refractivity (Wildman–Crippen MR) is 104 cm³/mol. The molecule has 22 heavy (non-hydrogen) atoms. The van der Waals surface area contributed by atoms with Crippen LogP contribution in [0.1, 0.15) is 30.4 Å². The van der Waals surface area contributed by atoms with Gasteiger partial charge in [0.05, 0.1) is 0 Å². The fraction of sp³-hybridized carbons (Fsp3) is 0.588. The van der Waals surface area contributed by atoms with Crippen LogP contribution >= 0.6 is 24.0 Å². The van der Waals surface area contributed by atoms with Crippen LogP contribution in [-0.4, -0.2) is 37.5 Å². The molecule has 1 heterocycles. The Labute approximate surface area is 150 Å². The second kappa shape index (κ2) is 8.15. The Morgan fingerprint density at radius 1 is 1.27 bits per heavy atom. The van der Waals surface area contributed by atoms with E-state index in [9.17, 15) is 0 Å². The summed E-state index contributed by atoms with van der Waals surface area (Å²) >= 11 is 0. The smallest absolute Gasteiger partial charge is 0.193 e. The second-order valence-electron chi connectivity index (χ2n) is 6.43. The second-order valence-corrected chi connectivity index (χ2v) is 6.43. The van der Waals surface area contributed by atoms with E-state index >= 15 is 0 Å². The lowest BCUT2D eigenvalue weighted by molar-refractivity contribution is 0.224. The summed E-state index contributed by atoms with van der Waals surface area (Å²) in [5, 5.41) is 3.24. The maximum Gasteiger partial charge on any atom is 0.193 e. The van der Waals surface area contributed by atoms with Crippen molar-refractivity contribution in [2.75, 3.05) is 32.0 Å². The number of hydrogen-bond donors (Lipinski definition) is 2. The van der Waals surface area contributed by atoms with Gasteiger partial charge in [0.2, 0.25) is 0 Å². The minimum atomic E-state index is 0. The molecule has 0 atom stereocenters. The first-order chi connectivity index (χ1) is 10.2. The molecule has 0 amide bonds. The highest BCUT2D eigenvalue weighted by molar-refractivity contribution is 14.0. The molecule has 0 radical (unpaired) electrons. The molecular weight excluding hydrogens is 387 g/mol. The van der Waals surface area contributed by atoms with Crippen molar-refractivity contribution in [1.29, 1.82) is 0 Å². The van der Waals surface area contributed by atoms with E-state index in [2.05, 4.69) is 40.5 Å². The number of hydrogen-bond acceptors (Lipinski definition) is 2. The van der Waals surface area contributed by atoms with Gasteiger partial charge in [-0.3, -0.25) is 4.99 Å². The number of rotatable bonds is 3. The van der Waals surface area contributed by atoms with Gasteiger partial charge in [-0.15, -0.1) is 24.0 Å². The normalized spacial score (nSPS) is 19.6. The Morgan fingerprint density at radius 2 is 2.00 bits per heavy atom. The van der Waals surface area contributed by atoms with Crippen molar-refractivity contribution in [1.82, 2.24) is 4.90 Å². The highest BCUT2D eigenvalue weighted by Gasteiger charge is 2.16. The Balaban J connectivity index is 0.00000176. The first kappa shape index (κ1) is 17.5. The maximum absolute atomic E-state index is 6.02. The number of nitrogens with zero attached hydrogens (tertiary/aromatic N) is 2. The molecule has 5 heteroatoms. The first-order valence-corrected chi connectivity index (χ1v) is 8.08. The molecule has 0 spiro atoms. The lowest BCUT2D eigenvalue weighted by Gasteiger charge is -2.27. The van der Waals surface area contributed by atoms with Crippen molar-refractivity contribution >= 4 is 35.6 Å². The third-order valence-corrected chi connectivity index (χ3v) is 4.73. The van der Waals surface area contributed by atoms with E-state index in [0.717, 1.165) is 12.2 Å². The fourth-order valence-electron chi connectivity index (χ4n) is 3.31. The van der Waals surface area contributed by atoms with Crippen LogP contribution in [0.2, 0.25) is 0 Å². The molecule has 3 N–H and O–H groups in total. The quantitative estimate of drug-likeness (QED) is 0.455. The molecule has 0 unspecified atom stereocenters. The van der Waals surface area contributed by atoms with Gasteiger partial charge >= 0.3 is 0 Å². The SMILES string of the molecule is CN1CCC(CN=C(N)Nc2ccc3c(c2)CCC3)CC1.I. The van der Waals surface area contributed by atoms with Crippen LogP contribution in [0.5, 0.6) is 0 Å². The third kappa shape index (κ3) is 4.59. The maximum atomic E-state index is 6.02. The number of piperidine rings is 1. The standard InChI is InChI=1S/C17H26N4.HI/c1-21-9-7-13(8-10-21)12-19-17(18)20-16-6-5-14-3-2-4-15(14)11-16;/h5-6,11,13H,2-4,7-10,12H2,1H3,(H3,18,19,20);1H. The van der Waals surface area contributed by atoms with Crippen molar-refractivity contribution in [3.05, 3.63) is 29.3 Å². The summed E-state index contributed by atoms with van der Waals surface area (Å²) in [6.07, 6.45) is 6.14. The summed E-state index contributed by atoms with van der Waals surface area (Å²) in [6, 6.07) is 6.55. The number of nitrogens with two attached hydrogens (primary N) is 1. The molecule has 4 nitrogen and oxygen atoms in total. The summed E-state index contributed by atoms with van der Waals surface area (Å²) in [4.78, 5) is 6.91. The molecule has 1 fully saturated rings. The number of benzene rings is 1. The van der Waals surface area contributed by atoms with E-state index in [1.807, 2.05) is 0 Å². The largest absolute Gasteiger partial charge is 0.370 e. The molecule has 0 bridgehead atoms. The van der Waals surface area contributed by atoms with E-state index in [-0.39, 0.29) is 24.0 Å². The minimum absolute atomic E-state index is 0. The topological polar surface area (TPSA) is 53.6 Å². The van der Waals surface area contributed by atoms with Gasteiger partial charge in [0.15, 0.2) is 5.96 Å². The molecule has 0 aromatic heterocycles. The number of fused-ring (bicyclic) bond motifs is 1. The lowest BCUT2D eigenvalue weighted by Crippen LogP contribution is -2.32. The molecule has 2 aliphatic rings. The molecule has 1 saturated heterocycles. The van der Waals surface area contributed by atoms with Crippen molar-refractivity contribution in [2.24, 2.45) is 16.6 Å². The summed E-state index contributed by atoms with van der Waals surface area (Å²) in [6.45, 7) is 3.20. The van der Waals surface area contributed by atoms with Crippen molar-refractivity contribution < 1.29 is 0 Å². The monoisotopic (exact) mass is 414 g/mol. The van der Waals surface area contributed by atoms with Gasteiger partial charge in [-0.05, 0) is 81.4 Å². The van der Waals surface area contributed by atoms with Crippen LogP contribution in [0.25, 0.3) is 0 Å². The summed E-state index contributed by atoms with van der Waals surface area (Å²) in [5.41, 5.74) is 10.0. The van der Waals surface area contributed by atoms with Gasteiger partial charge in [0.1, 0.15) is 0 Å². The number of halogens is 1. The highest BCUT2D eigenvalue weighted by Crippen LogP contribution is 2.24. The zero-order valence-corrected chi connectivity index (χ0v) is 15.7. The fourth-order valence-corrected chi connectivity index (χ4v) is 3.31. The summed E-state index contributed by atoms with van der Waals surface area (Å²) in [5.74, 6) is 1.23. The van der Waals surface area contributed by atoms with Crippen LogP contribution in [0, 0.1) is 5.92 Å². The molecule has 1 aromatic carbocycles. The lowest BCUT2D eigenvalue weighted by atomic mass is 9.97. The number of anilines is 1. The molecular formula is C17H27IN4. The van der Waals surface area contributed by atoms with Crippen LogP contribution in [0.4, 0.5) is 5.69 Å². The van der Waals surface area contributed by atoms with Gasteiger partial charge in [-0.1, -0.05) is 6.07 Å². The van der Waals surface area contributed by atoms with Gasteiger partial charge in [0.25, 0.3) is 0 Å². The Morgan fingerprint density at radius 3 is 2.77 bits per heavy atom. The predicted octanol–water partition coefficient (Wildman–Crippen LogP) is 2.86. The average molecular weight is 414 g/mol. The molecule has 0 saturated carbocycles. The summed E-state index contributed by atoms with van der Waals surface area (Å²) in [7, 11) is 2.18. The molecule has 1 aliphatic carbocycles. The Hall–Kier alpha value is -0.820. The molecule has 3 rings (SSSR count). The number of guanidine groups is 1. The molecule has 1 aromatic rings. The number of nitrogens with one attached hydrogen (secondary N) is 1. The zero-order chi connectivity index (χ0) is 14.7. The van der Waals surface area contributed by atoms with E-state index in [0.29, 0.717) is 11.9 Å². The molecule has 122 valence electrons. The van der Waals surface area contributed by atoms with E-state index in [1.54, 1.807) is 0 Å². The van der Waals surface area contributed by atoms with Gasteiger partial charge in [-0.25, -0.2) is 0 Å². The van der Waals surface area contributed by atoms with Crippen LogP contribution in [-0.2, 0) is 12.8 Å². The van der Waals surface area contributed by atoms with E-state index in [1.165, 1.54) is 56.3 Å². The average Bonchev–Trinajstić information content (AvgIpc) is 2.94.